The number of benzene rings is 2. The predicted molar refractivity (Wildman–Crippen MR) is 74.7 cm³/mol. The Morgan fingerprint density at radius 2 is 2.05 bits per heavy atom. The largest absolute Gasteiger partial charge is 0.494 e. The predicted octanol–water partition coefficient (Wildman–Crippen LogP) is 2.70. The fourth-order valence-corrected chi connectivity index (χ4v) is 1.72. The van der Waals surface area contributed by atoms with Crippen molar-refractivity contribution in [3.63, 3.8) is 0 Å². The van der Waals surface area contributed by atoms with Crippen LogP contribution in [0.3, 0.4) is 0 Å². The van der Waals surface area contributed by atoms with Crippen LogP contribution in [0.2, 0.25) is 0 Å². The second-order valence-corrected chi connectivity index (χ2v) is 4.20. The number of nitrogens with one attached hydrogen (secondary N) is 1. The second-order valence-electron chi connectivity index (χ2n) is 4.20. The zero-order valence-electron chi connectivity index (χ0n) is 11.0. The van der Waals surface area contributed by atoms with E-state index >= 15 is 0 Å². The van der Waals surface area contributed by atoms with Crippen LogP contribution in [0.1, 0.15) is 11.1 Å². The average molecular weight is 274 g/mol. The van der Waals surface area contributed by atoms with Crippen molar-refractivity contribution in [2.24, 2.45) is 5.73 Å². The lowest BCUT2D eigenvalue weighted by atomic mass is 10.2. The third kappa shape index (κ3) is 3.26. The fourth-order valence-electron chi connectivity index (χ4n) is 1.72. The first-order chi connectivity index (χ1) is 9.60. The normalized spacial score (nSPS) is 10.1. The summed E-state index contributed by atoms with van der Waals surface area (Å²) in [7, 11) is 1.42. The molecule has 4 nitrogen and oxygen atoms in total. The molecule has 0 spiro atoms. The molecule has 0 bridgehead atoms. The highest BCUT2D eigenvalue weighted by Gasteiger charge is 2.05. The molecule has 2 rings (SSSR count). The Bertz CT molecular complexity index is 629. The summed E-state index contributed by atoms with van der Waals surface area (Å²) in [5, 5.41) is 7.36. The van der Waals surface area contributed by atoms with E-state index in [1.54, 1.807) is 36.4 Å². The topological polar surface area (TPSA) is 68.3 Å². The van der Waals surface area contributed by atoms with Gasteiger partial charge in [0.15, 0.2) is 11.6 Å². The van der Waals surface area contributed by atoms with E-state index in [4.69, 9.17) is 20.6 Å². The van der Waals surface area contributed by atoms with Crippen LogP contribution in [0, 0.1) is 11.2 Å². The van der Waals surface area contributed by atoms with Crippen molar-refractivity contribution in [3.05, 3.63) is 59.4 Å². The summed E-state index contributed by atoms with van der Waals surface area (Å²) in [6.45, 7) is 0.224. The standard InChI is InChI=1S/C15H15FN2O2/c1-19-14-6-5-10(7-13(14)16)9-20-12-4-2-3-11(8-12)15(17)18/h2-8H,9H2,1H3,(H3,17,18). The first-order valence-corrected chi connectivity index (χ1v) is 6.00. The molecule has 104 valence electrons. The molecule has 5 heteroatoms. The molecule has 0 amide bonds. The molecule has 0 atom stereocenters. The van der Waals surface area contributed by atoms with E-state index in [0.29, 0.717) is 16.9 Å². The Labute approximate surface area is 116 Å². The van der Waals surface area contributed by atoms with Crippen LogP contribution in [-0.2, 0) is 6.61 Å². The van der Waals surface area contributed by atoms with Crippen LogP contribution >= 0.6 is 0 Å². The second kappa shape index (κ2) is 6.06. The molecule has 0 radical (unpaired) electrons. The maximum atomic E-state index is 13.5. The molecule has 0 fully saturated rings. The number of hydrogen-bond acceptors (Lipinski definition) is 3. The fraction of sp³-hybridized carbons (Fsp3) is 0.133. The molecule has 2 aromatic carbocycles. The van der Waals surface area contributed by atoms with E-state index in [-0.39, 0.29) is 18.2 Å². The molecule has 2 aromatic rings. The Balaban J connectivity index is 2.07. The van der Waals surface area contributed by atoms with Crippen molar-refractivity contribution in [1.29, 1.82) is 5.41 Å². The Hall–Kier alpha value is -2.56. The van der Waals surface area contributed by atoms with E-state index in [1.165, 1.54) is 13.2 Å². The van der Waals surface area contributed by atoms with Crippen LogP contribution in [0.4, 0.5) is 4.39 Å². The summed E-state index contributed by atoms with van der Waals surface area (Å²) in [6.07, 6.45) is 0. The van der Waals surface area contributed by atoms with Crippen LogP contribution in [0.15, 0.2) is 42.5 Å². The van der Waals surface area contributed by atoms with Crippen LogP contribution in [-0.4, -0.2) is 12.9 Å². The van der Waals surface area contributed by atoms with Gasteiger partial charge in [-0.1, -0.05) is 18.2 Å². The lowest BCUT2D eigenvalue weighted by Gasteiger charge is -2.09. The average Bonchev–Trinajstić information content (AvgIpc) is 2.45. The number of nitrogen functional groups attached to an aromatic ring is 1. The number of methoxy groups -OCH3 is 1. The van der Waals surface area contributed by atoms with Gasteiger partial charge < -0.3 is 15.2 Å². The summed E-state index contributed by atoms with van der Waals surface area (Å²) < 4.78 is 23.9. The Morgan fingerprint density at radius 3 is 2.70 bits per heavy atom. The molecule has 0 saturated heterocycles. The van der Waals surface area contributed by atoms with Gasteiger partial charge in [-0.15, -0.1) is 0 Å². The monoisotopic (exact) mass is 274 g/mol. The molecule has 0 heterocycles. The minimum atomic E-state index is -0.425. The highest BCUT2D eigenvalue weighted by Crippen LogP contribution is 2.19. The van der Waals surface area contributed by atoms with Gasteiger partial charge in [-0.05, 0) is 29.8 Å². The Morgan fingerprint density at radius 1 is 1.25 bits per heavy atom. The molecule has 0 aliphatic heterocycles. The summed E-state index contributed by atoms with van der Waals surface area (Å²) in [5.41, 5.74) is 6.68. The molecule has 0 unspecified atom stereocenters. The third-order valence-electron chi connectivity index (χ3n) is 2.77. The van der Waals surface area contributed by atoms with Crippen molar-refractivity contribution in [2.75, 3.05) is 7.11 Å². The maximum Gasteiger partial charge on any atom is 0.165 e. The van der Waals surface area contributed by atoms with Crippen molar-refractivity contribution < 1.29 is 13.9 Å². The van der Waals surface area contributed by atoms with E-state index in [0.717, 1.165) is 0 Å². The van der Waals surface area contributed by atoms with Gasteiger partial charge in [0, 0.05) is 5.56 Å². The molecular weight excluding hydrogens is 259 g/mol. The highest BCUT2D eigenvalue weighted by molar-refractivity contribution is 5.95. The zero-order chi connectivity index (χ0) is 14.5. The quantitative estimate of drug-likeness (QED) is 0.650. The summed E-state index contributed by atoms with van der Waals surface area (Å²) in [4.78, 5) is 0. The first-order valence-electron chi connectivity index (χ1n) is 6.00. The lowest BCUT2D eigenvalue weighted by molar-refractivity contribution is 0.304. The zero-order valence-corrected chi connectivity index (χ0v) is 11.0. The third-order valence-corrected chi connectivity index (χ3v) is 2.77. The van der Waals surface area contributed by atoms with Gasteiger partial charge in [-0.25, -0.2) is 4.39 Å². The van der Waals surface area contributed by atoms with Gasteiger partial charge in [-0.3, -0.25) is 5.41 Å². The maximum absolute atomic E-state index is 13.5. The van der Waals surface area contributed by atoms with Crippen LogP contribution < -0.4 is 15.2 Å². The molecule has 0 aliphatic rings. The minimum absolute atomic E-state index is 0.0223. The summed E-state index contributed by atoms with van der Waals surface area (Å²) in [6, 6.07) is 11.6. The number of nitrogens with two attached hydrogens (primary N) is 1. The Kier molecular flexibility index (Phi) is 4.20. The van der Waals surface area contributed by atoms with Gasteiger partial charge in [0.2, 0.25) is 0 Å². The van der Waals surface area contributed by atoms with Gasteiger partial charge in [0.05, 0.1) is 7.11 Å². The van der Waals surface area contributed by atoms with Gasteiger partial charge >= 0.3 is 0 Å². The van der Waals surface area contributed by atoms with Gasteiger partial charge in [-0.2, -0.15) is 0 Å². The molecule has 3 N–H and O–H groups in total. The molecule has 0 saturated carbocycles. The molecule has 0 aliphatic carbocycles. The lowest BCUT2D eigenvalue weighted by Crippen LogP contribution is -2.10. The van der Waals surface area contributed by atoms with Crippen molar-refractivity contribution in [3.8, 4) is 11.5 Å². The van der Waals surface area contributed by atoms with E-state index in [9.17, 15) is 4.39 Å². The molecular formula is C15H15FN2O2. The van der Waals surface area contributed by atoms with Crippen LogP contribution in [0.5, 0.6) is 11.5 Å². The SMILES string of the molecule is COc1ccc(COc2cccc(C(=N)N)c2)cc1F. The number of ether oxygens (including phenoxy) is 2. The molecule has 20 heavy (non-hydrogen) atoms. The first kappa shape index (κ1) is 13.9. The van der Waals surface area contributed by atoms with Gasteiger partial charge in [0.1, 0.15) is 18.2 Å². The van der Waals surface area contributed by atoms with Crippen molar-refractivity contribution in [1.82, 2.24) is 0 Å². The smallest absolute Gasteiger partial charge is 0.165 e. The van der Waals surface area contributed by atoms with Crippen LogP contribution in [0.25, 0.3) is 0 Å². The van der Waals surface area contributed by atoms with E-state index in [1.807, 2.05) is 0 Å². The number of amidine groups is 1. The van der Waals surface area contributed by atoms with Crippen molar-refractivity contribution in [2.45, 2.75) is 6.61 Å². The summed E-state index contributed by atoms with van der Waals surface area (Å²) in [5.74, 6) is 0.332. The minimum Gasteiger partial charge on any atom is -0.494 e. The van der Waals surface area contributed by atoms with Gasteiger partial charge in [0.25, 0.3) is 0 Å². The number of hydrogen-bond donors (Lipinski definition) is 2. The molecule has 0 aromatic heterocycles. The number of rotatable bonds is 5. The summed E-state index contributed by atoms with van der Waals surface area (Å²) >= 11 is 0. The van der Waals surface area contributed by atoms with E-state index in [2.05, 4.69) is 0 Å². The highest BCUT2D eigenvalue weighted by atomic mass is 19.1. The van der Waals surface area contributed by atoms with Crippen molar-refractivity contribution >= 4 is 5.84 Å². The number of halogens is 1. The van der Waals surface area contributed by atoms with E-state index < -0.39 is 5.82 Å².